The van der Waals surface area contributed by atoms with Crippen LogP contribution in [-0.2, 0) is 9.31 Å². The van der Waals surface area contributed by atoms with Crippen molar-refractivity contribution in [2.75, 3.05) is 0 Å². The standard InChI is InChI=1S/C23H24BNO3/c1-22(2)23(3,4)28-24(27-22)19-12-8-11-18(21(19)26)20-15-17(13-14-25-20)16-9-6-5-7-10-16/h5-15,26H,1-4H3. The highest BCUT2D eigenvalue weighted by Gasteiger charge is 2.52. The number of phenolic OH excluding ortho intramolecular Hbond substituents is 1. The first kappa shape index (κ1) is 18.7. The van der Waals surface area contributed by atoms with Crippen LogP contribution >= 0.6 is 0 Å². The van der Waals surface area contributed by atoms with Crippen molar-refractivity contribution in [1.82, 2.24) is 4.98 Å². The maximum atomic E-state index is 11.0. The molecule has 4 nitrogen and oxygen atoms in total. The van der Waals surface area contributed by atoms with E-state index >= 15 is 0 Å². The van der Waals surface area contributed by atoms with Gasteiger partial charge in [0.1, 0.15) is 5.75 Å². The molecule has 142 valence electrons. The lowest BCUT2D eigenvalue weighted by Gasteiger charge is -2.32. The molecule has 0 aliphatic carbocycles. The van der Waals surface area contributed by atoms with Gasteiger partial charge in [-0.2, -0.15) is 0 Å². The van der Waals surface area contributed by atoms with Crippen LogP contribution in [0.4, 0.5) is 0 Å². The normalized spacial score (nSPS) is 17.6. The maximum Gasteiger partial charge on any atom is 0.498 e. The number of hydrogen-bond acceptors (Lipinski definition) is 4. The van der Waals surface area contributed by atoms with Crippen molar-refractivity contribution >= 4 is 12.6 Å². The SMILES string of the molecule is CC1(C)OB(c2cccc(-c3cc(-c4ccccc4)ccn3)c2O)OC1(C)C. The van der Waals surface area contributed by atoms with E-state index in [1.54, 1.807) is 6.20 Å². The molecule has 1 N–H and O–H groups in total. The topological polar surface area (TPSA) is 51.6 Å². The van der Waals surface area contributed by atoms with Gasteiger partial charge in [-0.3, -0.25) is 4.98 Å². The summed E-state index contributed by atoms with van der Waals surface area (Å²) in [7, 11) is -0.623. The molecule has 0 atom stereocenters. The molecule has 0 spiro atoms. The predicted molar refractivity (Wildman–Crippen MR) is 112 cm³/mol. The van der Waals surface area contributed by atoms with E-state index in [-0.39, 0.29) is 5.75 Å². The zero-order chi connectivity index (χ0) is 19.9. The number of aromatic hydroxyl groups is 1. The maximum absolute atomic E-state index is 11.0. The fourth-order valence-electron chi connectivity index (χ4n) is 3.32. The number of rotatable bonds is 3. The highest BCUT2D eigenvalue weighted by Crippen LogP contribution is 2.38. The molecule has 5 heteroatoms. The van der Waals surface area contributed by atoms with Gasteiger partial charge in [-0.15, -0.1) is 0 Å². The van der Waals surface area contributed by atoms with E-state index in [4.69, 9.17) is 9.31 Å². The average Bonchev–Trinajstić information content (AvgIpc) is 2.90. The highest BCUT2D eigenvalue weighted by molar-refractivity contribution is 6.63. The number of hydrogen-bond donors (Lipinski definition) is 1. The van der Waals surface area contributed by atoms with Crippen LogP contribution in [0.15, 0.2) is 66.9 Å². The van der Waals surface area contributed by atoms with Crippen molar-refractivity contribution < 1.29 is 14.4 Å². The molecule has 1 fully saturated rings. The predicted octanol–water partition coefficient (Wildman–Crippen LogP) is 4.42. The zero-order valence-electron chi connectivity index (χ0n) is 16.6. The van der Waals surface area contributed by atoms with Crippen LogP contribution in [0.25, 0.3) is 22.4 Å². The number of benzene rings is 2. The second-order valence-electron chi connectivity index (χ2n) is 8.13. The Labute approximate surface area is 166 Å². The van der Waals surface area contributed by atoms with Gasteiger partial charge >= 0.3 is 7.12 Å². The van der Waals surface area contributed by atoms with Crippen molar-refractivity contribution in [3.63, 3.8) is 0 Å². The third kappa shape index (κ3) is 3.21. The third-order valence-corrected chi connectivity index (χ3v) is 5.72. The molecule has 0 saturated carbocycles. The largest absolute Gasteiger partial charge is 0.508 e. The minimum absolute atomic E-state index is 0.138. The minimum Gasteiger partial charge on any atom is -0.508 e. The molecule has 1 saturated heterocycles. The van der Waals surface area contributed by atoms with Crippen LogP contribution in [0.3, 0.4) is 0 Å². The summed E-state index contributed by atoms with van der Waals surface area (Å²) in [5.41, 5.74) is 3.20. The van der Waals surface area contributed by atoms with Crippen molar-refractivity contribution in [1.29, 1.82) is 0 Å². The molecule has 28 heavy (non-hydrogen) atoms. The Bertz CT molecular complexity index is 986. The van der Waals surface area contributed by atoms with E-state index in [2.05, 4.69) is 17.1 Å². The fraction of sp³-hybridized carbons (Fsp3) is 0.261. The molecular weight excluding hydrogens is 349 g/mol. The van der Waals surface area contributed by atoms with E-state index in [0.29, 0.717) is 16.7 Å². The number of aromatic nitrogens is 1. The molecule has 2 heterocycles. The van der Waals surface area contributed by atoms with Crippen LogP contribution in [0.2, 0.25) is 0 Å². The number of nitrogens with zero attached hydrogens (tertiary/aromatic N) is 1. The molecule has 1 aliphatic rings. The smallest absolute Gasteiger partial charge is 0.498 e. The summed E-state index contributed by atoms with van der Waals surface area (Å²) in [6, 6.07) is 19.7. The van der Waals surface area contributed by atoms with Crippen LogP contribution in [-0.4, -0.2) is 28.4 Å². The van der Waals surface area contributed by atoms with Crippen LogP contribution in [0, 0.1) is 0 Å². The van der Waals surface area contributed by atoms with Crippen LogP contribution in [0.1, 0.15) is 27.7 Å². The quantitative estimate of drug-likeness (QED) is 0.691. The summed E-state index contributed by atoms with van der Waals surface area (Å²) in [5, 5.41) is 11.0. The first-order valence-electron chi connectivity index (χ1n) is 9.48. The van der Waals surface area contributed by atoms with Crippen LogP contribution in [0.5, 0.6) is 5.75 Å². The molecule has 0 unspecified atom stereocenters. The van der Waals surface area contributed by atoms with Crippen molar-refractivity contribution in [2.45, 2.75) is 38.9 Å². The fourth-order valence-corrected chi connectivity index (χ4v) is 3.32. The second-order valence-corrected chi connectivity index (χ2v) is 8.13. The Kier molecular flexibility index (Phi) is 4.52. The Morgan fingerprint density at radius 3 is 2.18 bits per heavy atom. The van der Waals surface area contributed by atoms with Gasteiger partial charge in [0, 0.05) is 17.2 Å². The molecular formula is C23H24BNO3. The van der Waals surface area contributed by atoms with Gasteiger partial charge in [0.25, 0.3) is 0 Å². The molecule has 1 aliphatic heterocycles. The number of para-hydroxylation sites is 1. The summed E-state index contributed by atoms with van der Waals surface area (Å²) >= 11 is 0. The van der Waals surface area contributed by atoms with Crippen LogP contribution < -0.4 is 5.46 Å². The summed E-state index contributed by atoms with van der Waals surface area (Å²) in [5.74, 6) is 0.138. The summed E-state index contributed by atoms with van der Waals surface area (Å²) in [4.78, 5) is 4.48. The molecule has 0 radical (unpaired) electrons. The summed E-state index contributed by atoms with van der Waals surface area (Å²) < 4.78 is 12.2. The Morgan fingerprint density at radius 2 is 1.50 bits per heavy atom. The van der Waals surface area contributed by atoms with E-state index in [1.807, 2.05) is 76.2 Å². The molecule has 0 bridgehead atoms. The zero-order valence-corrected chi connectivity index (χ0v) is 16.6. The Hall–Kier alpha value is -2.63. The van der Waals surface area contributed by atoms with Gasteiger partial charge in [0.05, 0.1) is 16.9 Å². The van der Waals surface area contributed by atoms with E-state index in [1.165, 1.54) is 0 Å². The highest BCUT2D eigenvalue weighted by atomic mass is 16.7. The Balaban J connectivity index is 1.73. The van der Waals surface area contributed by atoms with E-state index in [0.717, 1.165) is 11.1 Å². The van der Waals surface area contributed by atoms with Gasteiger partial charge in [-0.25, -0.2) is 0 Å². The number of pyridine rings is 1. The first-order chi connectivity index (χ1) is 13.3. The lowest BCUT2D eigenvalue weighted by Crippen LogP contribution is -2.41. The molecule has 2 aromatic carbocycles. The lowest BCUT2D eigenvalue weighted by molar-refractivity contribution is 0.00578. The van der Waals surface area contributed by atoms with Crippen molar-refractivity contribution in [2.24, 2.45) is 0 Å². The van der Waals surface area contributed by atoms with Crippen molar-refractivity contribution in [3.8, 4) is 28.1 Å². The molecule has 0 amide bonds. The van der Waals surface area contributed by atoms with Gasteiger partial charge in [-0.05, 0) is 57.0 Å². The van der Waals surface area contributed by atoms with Gasteiger partial charge in [0.15, 0.2) is 0 Å². The third-order valence-electron chi connectivity index (χ3n) is 5.72. The van der Waals surface area contributed by atoms with E-state index in [9.17, 15) is 5.11 Å². The minimum atomic E-state index is -0.623. The molecule has 3 aromatic rings. The lowest BCUT2D eigenvalue weighted by atomic mass is 9.77. The summed E-state index contributed by atoms with van der Waals surface area (Å²) in [6.45, 7) is 8.00. The average molecular weight is 373 g/mol. The second kappa shape index (κ2) is 6.76. The first-order valence-corrected chi connectivity index (χ1v) is 9.48. The number of phenols is 1. The Morgan fingerprint density at radius 1 is 0.821 bits per heavy atom. The molecule has 1 aromatic heterocycles. The van der Waals surface area contributed by atoms with E-state index < -0.39 is 18.3 Å². The summed E-state index contributed by atoms with van der Waals surface area (Å²) in [6.07, 6.45) is 1.76. The van der Waals surface area contributed by atoms with Gasteiger partial charge in [-0.1, -0.05) is 42.5 Å². The molecule has 4 rings (SSSR count). The monoisotopic (exact) mass is 373 g/mol. The van der Waals surface area contributed by atoms with Gasteiger partial charge in [0.2, 0.25) is 0 Å². The van der Waals surface area contributed by atoms with Gasteiger partial charge < -0.3 is 14.4 Å². The van der Waals surface area contributed by atoms with Crippen molar-refractivity contribution in [3.05, 3.63) is 66.9 Å².